The molecule has 1 aliphatic rings. The van der Waals surface area contributed by atoms with Gasteiger partial charge in [0.1, 0.15) is 11.9 Å². The number of anilines is 1. The van der Waals surface area contributed by atoms with Crippen LogP contribution in [0.25, 0.3) is 0 Å². The maximum Gasteiger partial charge on any atom is 0.144 e. The molecule has 0 bridgehead atoms. The Morgan fingerprint density at radius 2 is 2.32 bits per heavy atom. The number of nitrogens with one attached hydrogen (secondary N) is 2. The molecule has 19 heavy (non-hydrogen) atoms. The molecule has 4 heteroatoms. The summed E-state index contributed by atoms with van der Waals surface area (Å²) >= 11 is 0. The number of hydrogen-bond acceptors (Lipinski definition) is 4. The van der Waals surface area contributed by atoms with Crippen molar-refractivity contribution >= 4 is 5.82 Å². The Bertz CT molecular complexity index is 484. The van der Waals surface area contributed by atoms with Crippen LogP contribution in [0, 0.1) is 31.1 Å². The molecular formula is C15H22N4. The van der Waals surface area contributed by atoms with E-state index >= 15 is 0 Å². The fraction of sp³-hybridized carbons (Fsp3) is 0.600. The maximum atomic E-state index is 9.27. The highest BCUT2D eigenvalue weighted by atomic mass is 15.0. The first-order valence-electron chi connectivity index (χ1n) is 6.97. The molecule has 2 heterocycles. The Kier molecular flexibility index (Phi) is 4.39. The summed E-state index contributed by atoms with van der Waals surface area (Å²) in [5, 5.41) is 16.1. The van der Waals surface area contributed by atoms with Gasteiger partial charge in [0.2, 0.25) is 0 Å². The molecule has 1 saturated heterocycles. The van der Waals surface area contributed by atoms with E-state index in [1.165, 1.54) is 12.8 Å². The average molecular weight is 258 g/mol. The summed E-state index contributed by atoms with van der Waals surface area (Å²) in [6.07, 6.45) is 2.45. The lowest BCUT2D eigenvalue weighted by Crippen LogP contribution is -2.39. The van der Waals surface area contributed by atoms with Crippen LogP contribution in [0.5, 0.6) is 0 Å². The van der Waals surface area contributed by atoms with Crippen molar-refractivity contribution < 1.29 is 0 Å². The van der Waals surface area contributed by atoms with Gasteiger partial charge in [-0.3, -0.25) is 0 Å². The van der Waals surface area contributed by atoms with E-state index in [0.29, 0.717) is 17.5 Å². The Morgan fingerprint density at radius 3 is 2.95 bits per heavy atom. The highest BCUT2D eigenvalue weighted by Crippen LogP contribution is 2.22. The normalized spacial score (nSPS) is 20.6. The fourth-order valence-electron chi connectivity index (χ4n) is 2.72. The molecule has 102 valence electrons. The molecule has 1 aliphatic heterocycles. The Balaban J connectivity index is 2.16. The summed E-state index contributed by atoms with van der Waals surface area (Å²) in [7, 11) is 0. The first kappa shape index (κ1) is 13.8. The van der Waals surface area contributed by atoms with Gasteiger partial charge in [-0.15, -0.1) is 0 Å². The van der Waals surface area contributed by atoms with E-state index < -0.39 is 0 Å². The number of pyridine rings is 1. The van der Waals surface area contributed by atoms with E-state index in [1.807, 2.05) is 19.9 Å². The van der Waals surface area contributed by atoms with Gasteiger partial charge < -0.3 is 10.6 Å². The van der Waals surface area contributed by atoms with Gasteiger partial charge in [-0.2, -0.15) is 5.26 Å². The summed E-state index contributed by atoms with van der Waals surface area (Å²) in [6.45, 7) is 8.27. The molecular weight excluding hydrogens is 236 g/mol. The molecule has 0 aliphatic carbocycles. The van der Waals surface area contributed by atoms with E-state index in [-0.39, 0.29) is 0 Å². The van der Waals surface area contributed by atoms with Crippen LogP contribution in [0.15, 0.2) is 6.07 Å². The minimum Gasteiger partial charge on any atom is -0.366 e. The van der Waals surface area contributed by atoms with E-state index in [4.69, 9.17) is 0 Å². The molecule has 0 amide bonds. The lowest BCUT2D eigenvalue weighted by molar-refractivity contribution is 0.346. The van der Waals surface area contributed by atoms with Crippen molar-refractivity contribution in [1.82, 2.24) is 10.3 Å². The molecule has 4 nitrogen and oxygen atoms in total. The van der Waals surface area contributed by atoms with Gasteiger partial charge in [0, 0.05) is 11.7 Å². The average Bonchev–Trinajstić information content (AvgIpc) is 2.39. The first-order chi connectivity index (χ1) is 9.11. The lowest BCUT2D eigenvalue weighted by Gasteiger charge is -2.29. The van der Waals surface area contributed by atoms with E-state index in [9.17, 15) is 5.26 Å². The number of hydrogen-bond donors (Lipinski definition) is 2. The number of aryl methyl sites for hydroxylation is 2. The van der Waals surface area contributed by atoms with Gasteiger partial charge in [0.05, 0.1) is 5.56 Å². The monoisotopic (exact) mass is 258 g/mol. The van der Waals surface area contributed by atoms with Crippen molar-refractivity contribution in [3.8, 4) is 6.07 Å². The topological polar surface area (TPSA) is 60.7 Å². The second-order valence-electron chi connectivity index (χ2n) is 5.46. The molecule has 2 unspecified atom stereocenters. The highest BCUT2D eigenvalue weighted by molar-refractivity contribution is 5.56. The number of piperidine rings is 1. The number of nitriles is 1. The van der Waals surface area contributed by atoms with Crippen LogP contribution in [-0.4, -0.2) is 24.1 Å². The fourth-order valence-corrected chi connectivity index (χ4v) is 2.72. The van der Waals surface area contributed by atoms with Crippen LogP contribution in [0.4, 0.5) is 5.82 Å². The summed E-state index contributed by atoms with van der Waals surface area (Å²) < 4.78 is 0. The van der Waals surface area contributed by atoms with Gasteiger partial charge in [0.25, 0.3) is 0 Å². The van der Waals surface area contributed by atoms with Crippen LogP contribution >= 0.6 is 0 Å². The number of aromatic nitrogens is 1. The minimum absolute atomic E-state index is 0.327. The lowest BCUT2D eigenvalue weighted by atomic mass is 9.92. The van der Waals surface area contributed by atoms with Gasteiger partial charge in [-0.05, 0) is 64.3 Å². The molecule has 2 N–H and O–H groups in total. The second kappa shape index (κ2) is 6.03. The zero-order valence-electron chi connectivity index (χ0n) is 12.0. The Morgan fingerprint density at radius 1 is 1.53 bits per heavy atom. The third-order valence-corrected chi connectivity index (χ3v) is 3.86. The molecule has 0 radical (unpaired) electrons. The zero-order chi connectivity index (χ0) is 13.8. The maximum absolute atomic E-state index is 9.27. The van der Waals surface area contributed by atoms with Gasteiger partial charge in [-0.25, -0.2) is 4.98 Å². The van der Waals surface area contributed by atoms with Crippen LogP contribution in [0.3, 0.4) is 0 Å². The Labute approximate surface area is 115 Å². The van der Waals surface area contributed by atoms with Crippen molar-refractivity contribution in [1.29, 1.82) is 5.26 Å². The third-order valence-electron chi connectivity index (χ3n) is 3.86. The predicted molar refractivity (Wildman–Crippen MR) is 77.1 cm³/mol. The van der Waals surface area contributed by atoms with Crippen molar-refractivity contribution in [2.24, 2.45) is 5.92 Å². The molecule has 2 atom stereocenters. The first-order valence-corrected chi connectivity index (χ1v) is 6.97. The molecule has 1 aromatic heterocycles. The summed E-state index contributed by atoms with van der Waals surface area (Å²) in [4.78, 5) is 4.49. The van der Waals surface area contributed by atoms with Crippen molar-refractivity contribution in [2.75, 3.05) is 18.4 Å². The van der Waals surface area contributed by atoms with Crippen molar-refractivity contribution in [3.63, 3.8) is 0 Å². The Hall–Kier alpha value is -1.60. The SMILES string of the molecule is Cc1cc(C)c(C#N)c(NC(C)C2CCCNC2)n1. The predicted octanol–water partition coefficient (Wildman–Crippen LogP) is 2.37. The zero-order valence-corrected chi connectivity index (χ0v) is 12.0. The van der Waals surface area contributed by atoms with Crippen LogP contribution in [0.1, 0.15) is 36.6 Å². The molecule has 0 saturated carbocycles. The van der Waals surface area contributed by atoms with Crippen LogP contribution < -0.4 is 10.6 Å². The van der Waals surface area contributed by atoms with Gasteiger partial charge in [-0.1, -0.05) is 0 Å². The summed E-state index contributed by atoms with van der Waals surface area (Å²) in [6, 6.07) is 4.54. The highest BCUT2D eigenvalue weighted by Gasteiger charge is 2.21. The number of rotatable bonds is 3. The third kappa shape index (κ3) is 3.24. The standard InChI is InChI=1S/C15H22N4/c1-10-7-11(2)18-15(14(10)8-16)19-12(3)13-5-4-6-17-9-13/h7,12-13,17H,4-6,9H2,1-3H3,(H,18,19). The smallest absolute Gasteiger partial charge is 0.144 e. The largest absolute Gasteiger partial charge is 0.366 e. The quantitative estimate of drug-likeness (QED) is 0.874. The minimum atomic E-state index is 0.327. The van der Waals surface area contributed by atoms with Crippen molar-refractivity contribution in [3.05, 3.63) is 22.9 Å². The van der Waals surface area contributed by atoms with E-state index in [1.54, 1.807) is 0 Å². The van der Waals surface area contributed by atoms with Gasteiger partial charge in [0.15, 0.2) is 0 Å². The van der Waals surface area contributed by atoms with Crippen LogP contribution in [0.2, 0.25) is 0 Å². The summed E-state index contributed by atoms with van der Waals surface area (Å²) in [5.41, 5.74) is 2.61. The molecule has 0 aromatic carbocycles. The van der Waals surface area contributed by atoms with E-state index in [0.717, 1.165) is 30.2 Å². The molecule has 1 fully saturated rings. The van der Waals surface area contributed by atoms with Gasteiger partial charge >= 0.3 is 0 Å². The molecule has 0 spiro atoms. The number of nitrogens with zero attached hydrogens (tertiary/aromatic N) is 2. The van der Waals surface area contributed by atoms with Crippen LogP contribution in [-0.2, 0) is 0 Å². The molecule has 2 rings (SSSR count). The van der Waals surface area contributed by atoms with Crippen molar-refractivity contribution in [2.45, 2.75) is 39.7 Å². The van der Waals surface area contributed by atoms with E-state index in [2.05, 4.69) is 28.6 Å². The second-order valence-corrected chi connectivity index (χ2v) is 5.46. The molecule has 1 aromatic rings. The summed E-state index contributed by atoms with van der Waals surface area (Å²) in [5.74, 6) is 1.33.